The molecule has 1 aliphatic rings. The molecule has 1 amide bonds. The van der Waals surface area contributed by atoms with Gasteiger partial charge in [-0.3, -0.25) is 4.79 Å². The Labute approximate surface area is 197 Å². The van der Waals surface area contributed by atoms with Crippen LogP contribution in [-0.2, 0) is 4.79 Å². The van der Waals surface area contributed by atoms with E-state index in [9.17, 15) is 4.79 Å². The number of hydrogen-bond acceptors (Lipinski definition) is 6. The SMILES string of the molecule is COc1ccc(-c2cn3nc(N4CCCC(C(=O)Nc5ccc(C)cc5C)C4)sc3n2)cc1. The molecule has 8 heteroatoms. The highest BCUT2D eigenvalue weighted by atomic mass is 32.1. The smallest absolute Gasteiger partial charge is 0.229 e. The van der Waals surface area contributed by atoms with Crippen LogP contribution in [0.2, 0.25) is 0 Å². The first-order valence-electron chi connectivity index (χ1n) is 11.1. The minimum atomic E-state index is -0.0643. The molecule has 1 unspecified atom stereocenters. The fourth-order valence-electron chi connectivity index (χ4n) is 4.27. The Bertz CT molecular complexity index is 1260. The van der Waals surface area contributed by atoms with Gasteiger partial charge in [0.05, 0.1) is 24.9 Å². The average Bonchev–Trinajstić information content (AvgIpc) is 3.41. The van der Waals surface area contributed by atoms with E-state index < -0.39 is 0 Å². The maximum absolute atomic E-state index is 13.0. The maximum atomic E-state index is 13.0. The van der Waals surface area contributed by atoms with Crippen LogP contribution in [0.25, 0.3) is 16.2 Å². The van der Waals surface area contributed by atoms with E-state index in [0.29, 0.717) is 6.54 Å². The summed E-state index contributed by atoms with van der Waals surface area (Å²) in [4.78, 5) is 20.8. The summed E-state index contributed by atoms with van der Waals surface area (Å²) in [5, 5.41) is 8.79. The molecule has 0 saturated carbocycles. The third-order valence-corrected chi connectivity index (χ3v) is 7.10. The number of anilines is 2. The van der Waals surface area contributed by atoms with E-state index >= 15 is 0 Å². The van der Waals surface area contributed by atoms with Crippen LogP contribution in [0.4, 0.5) is 10.8 Å². The third kappa shape index (κ3) is 4.43. The number of fused-ring (bicyclic) bond motifs is 1. The number of nitrogens with one attached hydrogen (secondary N) is 1. The minimum Gasteiger partial charge on any atom is -0.497 e. The summed E-state index contributed by atoms with van der Waals surface area (Å²) in [6.45, 7) is 5.65. The summed E-state index contributed by atoms with van der Waals surface area (Å²) in [5.41, 5.74) is 5.08. The van der Waals surface area contributed by atoms with Crippen LogP contribution in [0.1, 0.15) is 24.0 Å². The van der Waals surface area contributed by atoms with Crippen molar-refractivity contribution < 1.29 is 9.53 Å². The van der Waals surface area contributed by atoms with E-state index in [2.05, 4.69) is 23.2 Å². The van der Waals surface area contributed by atoms with Gasteiger partial charge in [0.25, 0.3) is 0 Å². The van der Waals surface area contributed by atoms with E-state index in [-0.39, 0.29) is 11.8 Å². The van der Waals surface area contributed by atoms with E-state index in [4.69, 9.17) is 14.8 Å². The fourth-order valence-corrected chi connectivity index (χ4v) is 5.19. The van der Waals surface area contributed by atoms with Gasteiger partial charge < -0.3 is 15.0 Å². The van der Waals surface area contributed by atoms with E-state index in [1.807, 2.05) is 54.0 Å². The molecule has 1 fully saturated rings. The Balaban J connectivity index is 1.29. The number of piperidine rings is 1. The van der Waals surface area contributed by atoms with Crippen molar-refractivity contribution in [2.24, 2.45) is 5.92 Å². The second-order valence-electron chi connectivity index (χ2n) is 8.56. The van der Waals surface area contributed by atoms with E-state index in [1.54, 1.807) is 18.4 Å². The molecule has 1 N–H and O–H groups in total. The maximum Gasteiger partial charge on any atom is 0.229 e. The zero-order valence-corrected chi connectivity index (χ0v) is 19.9. The summed E-state index contributed by atoms with van der Waals surface area (Å²) >= 11 is 1.56. The van der Waals surface area contributed by atoms with Gasteiger partial charge in [-0.25, -0.2) is 9.50 Å². The van der Waals surface area contributed by atoms with Crippen LogP contribution in [0, 0.1) is 19.8 Å². The van der Waals surface area contributed by atoms with Crippen molar-refractivity contribution in [1.29, 1.82) is 0 Å². The molecule has 2 aromatic carbocycles. The first kappa shape index (κ1) is 21.5. The lowest BCUT2D eigenvalue weighted by Gasteiger charge is -2.31. The van der Waals surface area contributed by atoms with Crippen LogP contribution in [0.3, 0.4) is 0 Å². The molecule has 1 saturated heterocycles. The Morgan fingerprint density at radius 1 is 1.18 bits per heavy atom. The molecule has 0 bridgehead atoms. The van der Waals surface area contributed by atoms with Crippen molar-refractivity contribution in [2.75, 3.05) is 30.4 Å². The van der Waals surface area contributed by atoms with Crippen LogP contribution in [0.15, 0.2) is 48.7 Å². The number of carbonyl (C=O) groups is 1. The Morgan fingerprint density at radius 3 is 2.73 bits per heavy atom. The Hall–Kier alpha value is -3.39. The molecule has 7 nitrogen and oxygen atoms in total. The lowest BCUT2D eigenvalue weighted by Crippen LogP contribution is -2.40. The molecular formula is C25H27N5O2S. The van der Waals surface area contributed by atoms with Crippen LogP contribution < -0.4 is 15.0 Å². The van der Waals surface area contributed by atoms with Crippen molar-refractivity contribution in [3.63, 3.8) is 0 Å². The van der Waals surface area contributed by atoms with Gasteiger partial charge in [0.2, 0.25) is 16.0 Å². The number of rotatable bonds is 5. The van der Waals surface area contributed by atoms with E-state index in [1.165, 1.54) is 5.56 Å². The molecule has 1 aliphatic heterocycles. The summed E-state index contributed by atoms with van der Waals surface area (Å²) in [6, 6.07) is 14.0. The fraction of sp³-hybridized carbons (Fsp3) is 0.320. The molecular weight excluding hydrogens is 434 g/mol. The number of aromatic nitrogens is 3. The van der Waals surface area contributed by atoms with Crippen molar-refractivity contribution >= 4 is 33.0 Å². The van der Waals surface area contributed by atoms with Gasteiger partial charge >= 0.3 is 0 Å². The average molecular weight is 462 g/mol. The standard InChI is InChI=1S/C25H27N5O2S/c1-16-6-11-21(17(2)13-16)26-23(31)19-5-4-12-29(14-19)25-28-30-15-22(27-24(30)33-25)18-7-9-20(32-3)10-8-18/h6-11,13,15,19H,4-5,12,14H2,1-3H3,(H,26,31). The van der Waals surface area contributed by atoms with Crippen LogP contribution in [0.5, 0.6) is 5.75 Å². The zero-order valence-electron chi connectivity index (χ0n) is 19.0. The summed E-state index contributed by atoms with van der Waals surface area (Å²) < 4.78 is 7.06. The number of methoxy groups -OCH3 is 1. The predicted octanol–water partition coefficient (Wildman–Crippen LogP) is 4.94. The largest absolute Gasteiger partial charge is 0.497 e. The Morgan fingerprint density at radius 2 is 2.00 bits per heavy atom. The number of hydrogen-bond donors (Lipinski definition) is 1. The lowest BCUT2D eigenvalue weighted by atomic mass is 9.97. The number of amides is 1. The zero-order chi connectivity index (χ0) is 22.9. The minimum absolute atomic E-state index is 0.0643. The van der Waals surface area contributed by atoms with Gasteiger partial charge in [0.15, 0.2) is 0 Å². The molecule has 5 rings (SSSR count). The summed E-state index contributed by atoms with van der Waals surface area (Å²) in [5.74, 6) is 0.835. The third-order valence-electron chi connectivity index (χ3n) is 6.12. The Kier molecular flexibility index (Phi) is 5.76. The van der Waals surface area contributed by atoms with Gasteiger partial charge in [0.1, 0.15) is 5.75 Å². The van der Waals surface area contributed by atoms with Crippen LogP contribution in [-0.4, -0.2) is 40.7 Å². The second-order valence-corrected chi connectivity index (χ2v) is 9.49. The number of nitrogens with zero attached hydrogens (tertiary/aromatic N) is 4. The van der Waals surface area contributed by atoms with E-state index in [0.717, 1.165) is 57.7 Å². The second kappa shape index (κ2) is 8.86. The van der Waals surface area contributed by atoms with Crippen molar-refractivity contribution in [3.8, 4) is 17.0 Å². The number of imidazole rings is 1. The predicted molar refractivity (Wildman–Crippen MR) is 132 cm³/mol. The number of ether oxygens (including phenoxy) is 1. The topological polar surface area (TPSA) is 71.8 Å². The first-order valence-corrected chi connectivity index (χ1v) is 12.0. The van der Waals surface area contributed by atoms with Crippen molar-refractivity contribution in [2.45, 2.75) is 26.7 Å². The molecule has 4 aromatic rings. The molecule has 170 valence electrons. The number of aryl methyl sites for hydroxylation is 2. The highest BCUT2D eigenvalue weighted by Crippen LogP contribution is 2.30. The van der Waals surface area contributed by atoms with Crippen LogP contribution >= 0.6 is 11.3 Å². The van der Waals surface area contributed by atoms with Gasteiger partial charge in [-0.15, -0.1) is 5.10 Å². The van der Waals surface area contributed by atoms with Gasteiger partial charge in [-0.2, -0.15) is 0 Å². The number of benzene rings is 2. The monoisotopic (exact) mass is 461 g/mol. The summed E-state index contributed by atoms with van der Waals surface area (Å²) in [6.07, 6.45) is 3.80. The van der Waals surface area contributed by atoms with Crippen molar-refractivity contribution in [3.05, 3.63) is 59.8 Å². The van der Waals surface area contributed by atoms with Gasteiger partial charge in [-0.05, 0) is 62.6 Å². The first-order chi connectivity index (χ1) is 16.0. The number of carbonyl (C=O) groups excluding carboxylic acids is 1. The molecule has 3 heterocycles. The van der Waals surface area contributed by atoms with Gasteiger partial charge in [-0.1, -0.05) is 29.0 Å². The molecule has 2 aromatic heterocycles. The lowest BCUT2D eigenvalue weighted by molar-refractivity contribution is -0.120. The molecule has 0 aliphatic carbocycles. The quantitative estimate of drug-likeness (QED) is 0.456. The molecule has 33 heavy (non-hydrogen) atoms. The highest BCUT2D eigenvalue weighted by molar-refractivity contribution is 7.20. The van der Waals surface area contributed by atoms with Crippen molar-refractivity contribution in [1.82, 2.24) is 14.6 Å². The molecule has 0 radical (unpaired) electrons. The molecule has 0 spiro atoms. The summed E-state index contributed by atoms with van der Waals surface area (Å²) in [7, 11) is 1.66. The highest BCUT2D eigenvalue weighted by Gasteiger charge is 2.28. The molecule has 1 atom stereocenters. The normalized spacial score (nSPS) is 16.2. The van der Waals surface area contributed by atoms with Gasteiger partial charge in [0, 0.05) is 24.3 Å².